The quantitative estimate of drug-likeness (QED) is 0.789. The summed E-state index contributed by atoms with van der Waals surface area (Å²) in [4.78, 5) is 6.04. The van der Waals surface area contributed by atoms with E-state index in [9.17, 15) is 0 Å². The Kier molecular flexibility index (Phi) is 2.34. The second-order valence-corrected chi connectivity index (χ2v) is 6.13. The highest BCUT2D eigenvalue weighted by Crippen LogP contribution is 2.36. The molecule has 2 N–H and O–H groups in total. The number of anilines is 1. The van der Waals surface area contributed by atoms with Crippen LogP contribution in [0.15, 0.2) is 6.07 Å². The summed E-state index contributed by atoms with van der Waals surface area (Å²) >= 11 is 1.36. The lowest BCUT2D eigenvalue weighted by molar-refractivity contribution is -0.0411. The maximum absolute atomic E-state index is 9.00. The Balaban J connectivity index is 2.21. The first-order chi connectivity index (χ1) is 8.50. The summed E-state index contributed by atoms with van der Waals surface area (Å²) in [5, 5.41) is 9.87. The van der Waals surface area contributed by atoms with E-state index >= 15 is 0 Å². The Hall–Kier alpha value is -1.64. The largest absolute Gasteiger partial charge is 0.396 e. The van der Waals surface area contributed by atoms with Crippen molar-refractivity contribution in [2.75, 3.05) is 5.73 Å². The van der Waals surface area contributed by atoms with Crippen molar-refractivity contribution in [1.82, 2.24) is 4.98 Å². The minimum Gasteiger partial charge on any atom is -0.396 e. The van der Waals surface area contributed by atoms with Crippen molar-refractivity contribution in [3.8, 4) is 6.07 Å². The molecule has 0 fully saturated rings. The molecule has 0 aromatic carbocycles. The third-order valence-electron chi connectivity index (χ3n) is 3.20. The first kappa shape index (κ1) is 11.5. The number of hydrogen-bond acceptors (Lipinski definition) is 5. The maximum Gasteiger partial charge on any atom is 0.130 e. The van der Waals surface area contributed by atoms with Crippen molar-refractivity contribution in [1.29, 1.82) is 5.26 Å². The predicted molar refractivity (Wildman–Crippen MR) is 71.3 cm³/mol. The molecular formula is C13H13N3OS. The number of nitriles is 1. The Morgan fingerprint density at radius 1 is 1.56 bits per heavy atom. The van der Waals surface area contributed by atoms with E-state index in [2.05, 4.69) is 24.9 Å². The Morgan fingerprint density at radius 3 is 3.06 bits per heavy atom. The topological polar surface area (TPSA) is 71.9 Å². The molecule has 0 spiro atoms. The second-order valence-electron chi connectivity index (χ2n) is 5.13. The minimum atomic E-state index is -0.172. The normalized spacial score (nSPS) is 17.4. The third-order valence-corrected chi connectivity index (χ3v) is 4.22. The van der Waals surface area contributed by atoms with E-state index in [-0.39, 0.29) is 5.60 Å². The molecule has 1 aliphatic rings. The number of ether oxygens (including phenoxy) is 1. The van der Waals surface area contributed by atoms with Gasteiger partial charge in [0.25, 0.3) is 0 Å². The van der Waals surface area contributed by atoms with Crippen LogP contribution in [0.5, 0.6) is 0 Å². The van der Waals surface area contributed by atoms with E-state index in [0.717, 1.165) is 27.9 Å². The van der Waals surface area contributed by atoms with Crippen molar-refractivity contribution in [2.45, 2.75) is 32.5 Å². The van der Waals surface area contributed by atoms with Gasteiger partial charge in [0, 0.05) is 17.4 Å². The SMILES string of the molecule is CC1(C)Cc2nc3sc(C#N)c(N)c3cc2CO1. The molecule has 2 aromatic rings. The molecule has 0 atom stereocenters. The van der Waals surface area contributed by atoms with Crippen LogP contribution in [0.1, 0.15) is 30.0 Å². The number of pyridine rings is 1. The van der Waals surface area contributed by atoms with Crippen LogP contribution in [0.4, 0.5) is 5.69 Å². The summed E-state index contributed by atoms with van der Waals surface area (Å²) in [6.07, 6.45) is 0.790. The highest BCUT2D eigenvalue weighted by atomic mass is 32.1. The van der Waals surface area contributed by atoms with Gasteiger partial charge in [-0.25, -0.2) is 4.98 Å². The van der Waals surface area contributed by atoms with Crippen molar-refractivity contribution in [2.24, 2.45) is 0 Å². The summed E-state index contributed by atoms with van der Waals surface area (Å²) < 4.78 is 5.77. The van der Waals surface area contributed by atoms with Crippen molar-refractivity contribution >= 4 is 27.2 Å². The van der Waals surface area contributed by atoms with Gasteiger partial charge < -0.3 is 10.5 Å². The molecule has 1 aliphatic heterocycles. The highest BCUT2D eigenvalue weighted by molar-refractivity contribution is 7.19. The average molecular weight is 259 g/mol. The zero-order chi connectivity index (χ0) is 12.9. The van der Waals surface area contributed by atoms with E-state index in [1.165, 1.54) is 11.3 Å². The number of nitrogens with zero attached hydrogens (tertiary/aromatic N) is 2. The Bertz CT molecular complexity index is 682. The lowest BCUT2D eigenvalue weighted by Crippen LogP contribution is -2.32. The molecule has 0 saturated heterocycles. The van der Waals surface area contributed by atoms with Crippen LogP contribution in [0.3, 0.4) is 0 Å². The van der Waals surface area contributed by atoms with Gasteiger partial charge in [0.15, 0.2) is 0 Å². The molecule has 0 bridgehead atoms. The average Bonchev–Trinajstić information content (AvgIpc) is 2.62. The number of nitrogens with two attached hydrogens (primary N) is 1. The minimum absolute atomic E-state index is 0.172. The Morgan fingerprint density at radius 2 is 2.33 bits per heavy atom. The van der Waals surface area contributed by atoms with Gasteiger partial charge in [0.2, 0.25) is 0 Å². The van der Waals surface area contributed by atoms with E-state index in [0.29, 0.717) is 17.2 Å². The molecule has 0 radical (unpaired) electrons. The van der Waals surface area contributed by atoms with Crippen LogP contribution in [-0.2, 0) is 17.8 Å². The van der Waals surface area contributed by atoms with Gasteiger partial charge in [-0.1, -0.05) is 0 Å². The summed E-state index contributed by atoms with van der Waals surface area (Å²) in [6.45, 7) is 4.68. The van der Waals surface area contributed by atoms with Gasteiger partial charge in [-0.15, -0.1) is 11.3 Å². The van der Waals surface area contributed by atoms with Crippen LogP contribution in [0.25, 0.3) is 10.2 Å². The summed E-state index contributed by atoms with van der Waals surface area (Å²) in [6, 6.07) is 4.13. The molecule has 4 nitrogen and oxygen atoms in total. The molecule has 0 amide bonds. The second kappa shape index (κ2) is 3.67. The molecule has 18 heavy (non-hydrogen) atoms. The number of thiophene rings is 1. The molecule has 5 heteroatoms. The monoisotopic (exact) mass is 259 g/mol. The molecule has 92 valence electrons. The third kappa shape index (κ3) is 1.65. The van der Waals surface area contributed by atoms with Crippen molar-refractivity contribution < 1.29 is 4.74 Å². The van der Waals surface area contributed by atoms with Gasteiger partial charge >= 0.3 is 0 Å². The summed E-state index contributed by atoms with van der Waals surface area (Å²) in [5.41, 5.74) is 8.45. The number of rotatable bonds is 0. The van der Waals surface area contributed by atoms with Crippen LogP contribution in [-0.4, -0.2) is 10.6 Å². The summed E-state index contributed by atoms with van der Waals surface area (Å²) in [5.74, 6) is 0. The fourth-order valence-electron chi connectivity index (χ4n) is 2.21. The number of fused-ring (bicyclic) bond motifs is 2. The summed E-state index contributed by atoms with van der Waals surface area (Å²) in [7, 11) is 0. The molecular weight excluding hydrogens is 246 g/mol. The van der Waals surface area contributed by atoms with Crippen molar-refractivity contribution in [3.05, 3.63) is 22.2 Å². The smallest absolute Gasteiger partial charge is 0.130 e. The number of hydrogen-bond donors (Lipinski definition) is 1. The van der Waals surface area contributed by atoms with E-state index in [1.54, 1.807) is 0 Å². The van der Waals surface area contributed by atoms with Crippen molar-refractivity contribution in [3.63, 3.8) is 0 Å². The zero-order valence-electron chi connectivity index (χ0n) is 10.3. The van der Waals surface area contributed by atoms with Gasteiger partial charge in [0.05, 0.1) is 23.6 Å². The van der Waals surface area contributed by atoms with Gasteiger partial charge in [0.1, 0.15) is 15.8 Å². The lowest BCUT2D eigenvalue weighted by atomic mass is 9.95. The molecule has 3 heterocycles. The van der Waals surface area contributed by atoms with Gasteiger partial charge in [-0.05, 0) is 19.9 Å². The van der Waals surface area contributed by atoms with E-state index < -0.39 is 0 Å². The molecule has 0 unspecified atom stereocenters. The first-order valence-corrected chi connectivity index (χ1v) is 6.57. The van der Waals surface area contributed by atoms with E-state index in [4.69, 9.17) is 15.7 Å². The van der Waals surface area contributed by atoms with Crippen LogP contribution in [0, 0.1) is 11.3 Å². The molecule has 3 rings (SSSR count). The molecule has 2 aromatic heterocycles. The highest BCUT2D eigenvalue weighted by Gasteiger charge is 2.28. The first-order valence-electron chi connectivity index (χ1n) is 5.75. The van der Waals surface area contributed by atoms with Crippen LogP contribution < -0.4 is 5.73 Å². The fraction of sp³-hybridized carbons (Fsp3) is 0.385. The van der Waals surface area contributed by atoms with Crippen LogP contribution in [0.2, 0.25) is 0 Å². The van der Waals surface area contributed by atoms with Gasteiger partial charge in [-0.2, -0.15) is 5.26 Å². The lowest BCUT2D eigenvalue weighted by Gasteiger charge is -2.30. The number of nitrogen functional groups attached to an aromatic ring is 1. The fourth-order valence-corrected chi connectivity index (χ4v) is 3.10. The Labute approximate surface area is 109 Å². The van der Waals surface area contributed by atoms with E-state index in [1.807, 2.05) is 6.07 Å². The maximum atomic E-state index is 9.00. The number of aromatic nitrogens is 1. The molecule has 0 saturated carbocycles. The standard InChI is InChI=1S/C13H13N3OS/c1-13(2)4-9-7(6-17-13)3-8-11(15)10(5-14)18-12(8)16-9/h3H,4,6,15H2,1-2H3. The van der Waals surface area contributed by atoms with Crippen LogP contribution >= 0.6 is 11.3 Å². The zero-order valence-corrected chi connectivity index (χ0v) is 11.1. The van der Waals surface area contributed by atoms with Gasteiger partial charge in [-0.3, -0.25) is 0 Å². The predicted octanol–water partition coefficient (Wildman–Crippen LogP) is 2.60. The molecule has 0 aliphatic carbocycles.